The van der Waals surface area contributed by atoms with Crippen molar-refractivity contribution in [2.24, 2.45) is 0 Å². The Morgan fingerprint density at radius 1 is 1.19 bits per heavy atom. The van der Waals surface area contributed by atoms with Crippen LogP contribution in [0.3, 0.4) is 0 Å². The molecule has 1 amide bonds. The number of nitrogens with zero attached hydrogens (tertiary/aromatic N) is 2. The molecular weight excluding hydrogens is 360 g/mol. The highest BCUT2D eigenvalue weighted by Crippen LogP contribution is 2.17. The summed E-state index contributed by atoms with van der Waals surface area (Å²) in [5.74, 6) is 0.447. The molecule has 7 heteroatoms. The Bertz CT molecular complexity index is 974. The summed E-state index contributed by atoms with van der Waals surface area (Å²) in [5.41, 5.74) is 3.88. The van der Waals surface area contributed by atoms with Crippen molar-refractivity contribution in [3.63, 3.8) is 0 Å². The number of aryl methyl sites for hydroxylation is 1. The number of hydrogen-bond acceptors (Lipinski definition) is 4. The van der Waals surface area contributed by atoms with Gasteiger partial charge in [0.15, 0.2) is 6.67 Å². The second-order valence-corrected chi connectivity index (χ2v) is 6.96. The Kier molecular flexibility index (Phi) is 5.83. The summed E-state index contributed by atoms with van der Waals surface area (Å²) >= 11 is 5.32. The van der Waals surface area contributed by atoms with E-state index in [0.717, 1.165) is 17.7 Å². The monoisotopic (exact) mass is 383 g/mol. The van der Waals surface area contributed by atoms with E-state index >= 15 is 0 Å². The number of quaternary nitrogens is 1. The smallest absolute Gasteiger partial charge is 0.292 e. The number of rotatable bonds is 6. The molecule has 0 radical (unpaired) electrons. The molecule has 0 bridgehead atoms. The van der Waals surface area contributed by atoms with E-state index in [1.165, 1.54) is 10.5 Å². The zero-order chi connectivity index (χ0) is 19.4. The lowest BCUT2D eigenvalue weighted by molar-refractivity contribution is -0.917. The summed E-state index contributed by atoms with van der Waals surface area (Å²) in [5, 5.41) is 7.13. The largest absolute Gasteiger partial charge is 0.409 e. The fourth-order valence-corrected chi connectivity index (χ4v) is 2.98. The van der Waals surface area contributed by atoms with Crippen LogP contribution in [-0.2, 0) is 13.2 Å². The molecule has 27 heavy (non-hydrogen) atoms. The standard InChI is InChI=1S/C20H22N4O2S/c1-14-4-8-17(9-5-14)19-22-24(20(27)26-19)13-23(3)12-15-6-10-16(11-7-15)18(25)21-2/h4-11H,12-13H2,1-3H3,(H,21,25)/p+1. The fraction of sp³-hybridized carbons (Fsp3) is 0.250. The van der Waals surface area contributed by atoms with E-state index in [-0.39, 0.29) is 5.91 Å². The first-order valence-corrected chi connectivity index (χ1v) is 9.14. The lowest BCUT2D eigenvalue weighted by atomic mass is 10.1. The summed E-state index contributed by atoms with van der Waals surface area (Å²) in [6.45, 7) is 3.41. The van der Waals surface area contributed by atoms with Crippen LogP contribution < -0.4 is 10.2 Å². The number of carbonyl (C=O) groups is 1. The second-order valence-electron chi connectivity index (χ2n) is 6.61. The van der Waals surface area contributed by atoms with Gasteiger partial charge in [-0.25, -0.2) is 0 Å². The molecule has 3 rings (SSSR count). The van der Waals surface area contributed by atoms with Gasteiger partial charge in [-0.15, -0.1) is 5.10 Å². The van der Waals surface area contributed by atoms with Crippen molar-refractivity contribution in [3.8, 4) is 11.5 Å². The number of aromatic nitrogens is 2. The quantitative estimate of drug-likeness (QED) is 0.641. The van der Waals surface area contributed by atoms with Crippen molar-refractivity contribution in [3.05, 3.63) is 70.1 Å². The van der Waals surface area contributed by atoms with E-state index in [2.05, 4.69) is 17.5 Å². The molecule has 0 aliphatic carbocycles. The Balaban J connectivity index is 1.67. The number of benzene rings is 2. The van der Waals surface area contributed by atoms with Crippen LogP contribution in [0.5, 0.6) is 0 Å². The highest BCUT2D eigenvalue weighted by Gasteiger charge is 2.12. The van der Waals surface area contributed by atoms with Gasteiger partial charge in [-0.2, -0.15) is 4.68 Å². The average molecular weight is 383 g/mol. The van der Waals surface area contributed by atoms with Crippen LogP contribution in [0.2, 0.25) is 0 Å². The van der Waals surface area contributed by atoms with Crippen LogP contribution in [-0.4, -0.2) is 29.8 Å². The van der Waals surface area contributed by atoms with E-state index in [1.807, 2.05) is 55.5 Å². The van der Waals surface area contributed by atoms with Crippen molar-refractivity contribution < 1.29 is 14.1 Å². The summed E-state index contributed by atoms with van der Waals surface area (Å²) in [6, 6.07) is 15.6. The van der Waals surface area contributed by atoms with Gasteiger partial charge in [0.2, 0.25) is 5.89 Å². The van der Waals surface area contributed by atoms with Crippen molar-refractivity contribution in [2.45, 2.75) is 20.1 Å². The number of carbonyl (C=O) groups excluding carboxylic acids is 1. The zero-order valence-electron chi connectivity index (χ0n) is 15.7. The number of amides is 1. The van der Waals surface area contributed by atoms with Crippen molar-refractivity contribution >= 4 is 18.1 Å². The van der Waals surface area contributed by atoms with E-state index in [1.54, 1.807) is 11.7 Å². The summed E-state index contributed by atoms with van der Waals surface area (Å²) < 4.78 is 7.36. The molecule has 1 unspecified atom stereocenters. The van der Waals surface area contributed by atoms with Gasteiger partial charge in [-0.05, 0) is 43.4 Å². The molecule has 0 fully saturated rings. The first-order chi connectivity index (χ1) is 13.0. The molecule has 2 N–H and O–H groups in total. The van der Waals surface area contributed by atoms with Gasteiger partial charge in [0.25, 0.3) is 10.7 Å². The Morgan fingerprint density at radius 2 is 1.85 bits per heavy atom. The third-order valence-corrected chi connectivity index (χ3v) is 4.57. The molecule has 3 aromatic rings. The van der Waals surface area contributed by atoms with Crippen molar-refractivity contribution in [2.75, 3.05) is 14.1 Å². The van der Waals surface area contributed by atoms with Gasteiger partial charge < -0.3 is 14.6 Å². The molecule has 2 aromatic carbocycles. The highest BCUT2D eigenvalue weighted by molar-refractivity contribution is 7.71. The van der Waals surface area contributed by atoms with Crippen LogP contribution in [0.4, 0.5) is 0 Å². The molecule has 140 valence electrons. The van der Waals surface area contributed by atoms with Crippen LogP contribution in [0.15, 0.2) is 52.9 Å². The maximum atomic E-state index is 11.6. The van der Waals surface area contributed by atoms with Gasteiger partial charge >= 0.3 is 0 Å². The normalized spacial score (nSPS) is 12.0. The van der Waals surface area contributed by atoms with Crippen molar-refractivity contribution in [1.82, 2.24) is 15.1 Å². The third-order valence-electron chi connectivity index (χ3n) is 4.27. The van der Waals surface area contributed by atoms with Gasteiger partial charge in [-0.3, -0.25) is 4.79 Å². The van der Waals surface area contributed by atoms with Crippen molar-refractivity contribution in [1.29, 1.82) is 0 Å². The topological polar surface area (TPSA) is 64.5 Å². The molecule has 0 aliphatic heterocycles. The van der Waals surface area contributed by atoms with Crippen LogP contribution >= 0.6 is 12.2 Å². The van der Waals surface area contributed by atoms with Crippen LogP contribution in [0, 0.1) is 11.8 Å². The van der Waals surface area contributed by atoms with E-state index in [9.17, 15) is 4.79 Å². The molecule has 0 saturated heterocycles. The average Bonchev–Trinajstić information content (AvgIpc) is 3.02. The minimum Gasteiger partial charge on any atom is -0.409 e. The van der Waals surface area contributed by atoms with E-state index < -0.39 is 0 Å². The highest BCUT2D eigenvalue weighted by atomic mass is 32.1. The van der Waals surface area contributed by atoms with Crippen LogP contribution in [0.1, 0.15) is 21.5 Å². The maximum absolute atomic E-state index is 11.6. The fourth-order valence-electron chi connectivity index (χ4n) is 2.80. The maximum Gasteiger partial charge on any atom is 0.292 e. The second kappa shape index (κ2) is 8.28. The SMILES string of the molecule is CNC(=O)c1ccc(C[NH+](C)Cn2nc(-c3ccc(C)cc3)oc2=S)cc1. The van der Waals surface area contributed by atoms with Gasteiger partial charge in [0.1, 0.15) is 6.54 Å². The predicted octanol–water partition coefficient (Wildman–Crippen LogP) is 2.21. The lowest BCUT2D eigenvalue weighted by Crippen LogP contribution is -3.07. The molecule has 0 saturated carbocycles. The molecular formula is C20H23N4O2S+. The first kappa shape index (κ1) is 19.0. The van der Waals surface area contributed by atoms with Gasteiger partial charge in [0.05, 0.1) is 7.05 Å². The Hall–Kier alpha value is -2.77. The third kappa shape index (κ3) is 4.69. The zero-order valence-corrected chi connectivity index (χ0v) is 16.5. The summed E-state index contributed by atoms with van der Waals surface area (Å²) in [4.78, 5) is 13.2. The molecule has 0 spiro atoms. The number of nitrogens with one attached hydrogen (secondary N) is 2. The Labute approximate surface area is 163 Å². The minimum absolute atomic E-state index is 0.0835. The number of hydrogen-bond donors (Lipinski definition) is 2. The molecule has 6 nitrogen and oxygen atoms in total. The minimum atomic E-state index is -0.0835. The summed E-state index contributed by atoms with van der Waals surface area (Å²) in [6.07, 6.45) is 0. The molecule has 0 aliphatic rings. The summed E-state index contributed by atoms with van der Waals surface area (Å²) in [7, 11) is 3.69. The van der Waals surface area contributed by atoms with Crippen LogP contribution in [0.25, 0.3) is 11.5 Å². The first-order valence-electron chi connectivity index (χ1n) is 8.73. The predicted molar refractivity (Wildman–Crippen MR) is 106 cm³/mol. The molecule has 1 atom stereocenters. The molecule has 1 heterocycles. The Morgan fingerprint density at radius 3 is 2.48 bits per heavy atom. The van der Waals surface area contributed by atoms with E-state index in [4.69, 9.17) is 16.6 Å². The van der Waals surface area contributed by atoms with E-state index in [0.29, 0.717) is 23.0 Å². The van der Waals surface area contributed by atoms with Gasteiger partial charge in [0, 0.05) is 23.7 Å². The molecule has 1 aromatic heterocycles. The van der Waals surface area contributed by atoms with Gasteiger partial charge in [-0.1, -0.05) is 29.8 Å². The lowest BCUT2D eigenvalue weighted by Gasteiger charge is -2.13.